The normalized spacial score (nSPS) is 10.5. The van der Waals surface area contributed by atoms with Gasteiger partial charge in [0.15, 0.2) is 3.95 Å². The average Bonchev–Trinajstić information content (AvgIpc) is 3.02. The van der Waals surface area contributed by atoms with E-state index in [4.69, 9.17) is 12.2 Å². The summed E-state index contributed by atoms with van der Waals surface area (Å²) in [7, 11) is 0. The largest absolute Gasteiger partial charge is 0.324 e. The number of aromatic amines is 1. The lowest BCUT2D eigenvalue weighted by atomic mass is 10.1. The number of benzene rings is 2. The van der Waals surface area contributed by atoms with Crippen molar-refractivity contribution < 1.29 is 4.79 Å². The Bertz CT molecular complexity index is 934. The summed E-state index contributed by atoms with van der Waals surface area (Å²) >= 11 is 6.46. The number of anilines is 3. The Balaban J connectivity index is 1.82. The van der Waals surface area contributed by atoms with Gasteiger partial charge in [0.1, 0.15) is 6.54 Å². The van der Waals surface area contributed by atoms with Crippen LogP contribution in [0, 0.1) is 17.8 Å². The van der Waals surface area contributed by atoms with E-state index < -0.39 is 0 Å². The molecule has 1 amide bonds. The summed E-state index contributed by atoms with van der Waals surface area (Å²) in [6, 6.07) is 15.6. The number of amides is 1. The summed E-state index contributed by atoms with van der Waals surface area (Å²) < 4.78 is 0.575. The molecule has 0 radical (unpaired) electrons. The lowest BCUT2D eigenvalue weighted by Gasteiger charge is -2.21. The highest BCUT2D eigenvalue weighted by Gasteiger charge is 2.17. The number of carbonyl (C=O) groups is 1. The molecule has 5 nitrogen and oxygen atoms in total. The van der Waals surface area contributed by atoms with Crippen LogP contribution in [0.3, 0.4) is 0 Å². The van der Waals surface area contributed by atoms with Crippen LogP contribution in [0.25, 0.3) is 0 Å². The van der Waals surface area contributed by atoms with E-state index in [0.717, 1.165) is 22.5 Å². The lowest BCUT2D eigenvalue weighted by Crippen LogP contribution is -2.30. The Kier molecular flexibility index (Phi) is 5.25. The Morgan fingerprint density at radius 3 is 2.64 bits per heavy atom. The smallest absolute Gasteiger partial charge is 0.244 e. The van der Waals surface area contributed by atoms with E-state index in [2.05, 4.69) is 15.5 Å². The molecule has 25 heavy (non-hydrogen) atoms. The molecule has 128 valence electrons. The van der Waals surface area contributed by atoms with Crippen LogP contribution >= 0.6 is 23.6 Å². The molecule has 0 saturated carbocycles. The molecule has 0 aliphatic carbocycles. The van der Waals surface area contributed by atoms with Crippen molar-refractivity contribution in [2.45, 2.75) is 13.8 Å². The van der Waals surface area contributed by atoms with Gasteiger partial charge < -0.3 is 10.2 Å². The number of hydrogen-bond acceptors (Lipinski definition) is 5. The first-order valence-electron chi connectivity index (χ1n) is 7.78. The van der Waals surface area contributed by atoms with Gasteiger partial charge in [-0.1, -0.05) is 47.2 Å². The van der Waals surface area contributed by atoms with Crippen LogP contribution in [-0.4, -0.2) is 22.6 Å². The van der Waals surface area contributed by atoms with Gasteiger partial charge in [-0.2, -0.15) is 0 Å². The number of hydrogen-bond donors (Lipinski definition) is 2. The topological polar surface area (TPSA) is 61.0 Å². The molecule has 3 rings (SSSR count). The van der Waals surface area contributed by atoms with Crippen molar-refractivity contribution >= 4 is 46.0 Å². The van der Waals surface area contributed by atoms with E-state index in [-0.39, 0.29) is 12.5 Å². The van der Waals surface area contributed by atoms with E-state index in [1.54, 1.807) is 0 Å². The van der Waals surface area contributed by atoms with Gasteiger partial charge in [0.05, 0.1) is 0 Å². The van der Waals surface area contributed by atoms with Crippen molar-refractivity contribution in [3.05, 3.63) is 63.6 Å². The summed E-state index contributed by atoms with van der Waals surface area (Å²) in [5.74, 6) is -0.114. The minimum Gasteiger partial charge on any atom is -0.324 e. The number of carbonyl (C=O) groups excluding carboxylic acids is 1. The standard InChI is InChI=1S/C18H18N4OS2/c1-12-8-9-15(13(2)10-12)19-16(23)11-22(14-6-4-3-5-7-14)17-20-21-18(24)25-17/h3-10H,11H2,1-2H3,(H,19,23)(H,21,24). The Morgan fingerprint density at radius 1 is 1.24 bits per heavy atom. The number of nitrogens with zero attached hydrogens (tertiary/aromatic N) is 2. The molecule has 0 aliphatic heterocycles. The average molecular weight is 371 g/mol. The molecule has 7 heteroatoms. The third-order valence-electron chi connectivity index (χ3n) is 3.68. The molecular weight excluding hydrogens is 352 g/mol. The zero-order chi connectivity index (χ0) is 17.8. The predicted molar refractivity (Wildman–Crippen MR) is 105 cm³/mol. The maximum Gasteiger partial charge on any atom is 0.244 e. The zero-order valence-corrected chi connectivity index (χ0v) is 15.6. The fraction of sp³-hybridized carbons (Fsp3) is 0.167. The summed E-state index contributed by atoms with van der Waals surface area (Å²) in [5.41, 5.74) is 3.90. The first kappa shape index (κ1) is 17.3. The molecule has 1 aromatic heterocycles. The van der Waals surface area contributed by atoms with Crippen molar-refractivity contribution in [2.24, 2.45) is 0 Å². The summed E-state index contributed by atoms with van der Waals surface area (Å²) in [6.07, 6.45) is 0. The molecule has 2 N–H and O–H groups in total. The Hall–Kier alpha value is -2.51. The fourth-order valence-electron chi connectivity index (χ4n) is 2.50. The number of rotatable bonds is 5. The molecule has 0 fully saturated rings. The summed E-state index contributed by atoms with van der Waals surface area (Å²) in [5, 5.41) is 10.6. The SMILES string of the molecule is Cc1ccc(NC(=O)CN(c2ccccc2)c2n[nH]c(=S)s2)c(C)c1. The highest BCUT2D eigenvalue weighted by molar-refractivity contribution is 7.73. The van der Waals surface area contributed by atoms with E-state index in [1.165, 1.54) is 11.3 Å². The number of para-hydroxylation sites is 1. The van der Waals surface area contributed by atoms with Crippen LogP contribution in [0.5, 0.6) is 0 Å². The van der Waals surface area contributed by atoms with Crippen LogP contribution in [0.4, 0.5) is 16.5 Å². The second-order valence-corrected chi connectivity index (χ2v) is 7.33. The molecule has 1 heterocycles. The van der Waals surface area contributed by atoms with Crippen LogP contribution in [0.15, 0.2) is 48.5 Å². The van der Waals surface area contributed by atoms with E-state index in [0.29, 0.717) is 9.09 Å². The van der Waals surface area contributed by atoms with Gasteiger partial charge in [-0.25, -0.2) is 0 Å². The number of H-pyrrole nitrogens is 1. The van der Waals surface area contributed by atoms with Crippen molar-refractivity contribution in [3.8, 4) is 0 Å². The fourth-order valence-corrected chi connectivity index (χ4v) is 3.40. The maximum atomic E-state index is 12.6. The second-order valence-electron chi connectivity index (χ2n) is 5.68. The van der Waals surface area contributed by atoms with Gasteiger partial charge in [0.2, 0.25) is 11.0 Å². The van der Waals surface area contributed by atoms with E-state index in [1.807, 2.05) is 67.3 Å². The van der Waals surface area contributed by atoms with Gasteiger partial charge in [-0.05, 0) is 49.8 Å². The third kappa shape index (κ3) is 4.32. The molecule has 0 unspecified atom stereocenters. The van der Waals surface area contributed by atoms with Crippen LogP contribution in [0.2, 0.25) is 0 Å². The molecule has 0 aliphatic rings. The van der Waals surface area contributed by atoms with Crippen LogP contribution in [-0.2, 0) is 4.79 Å². The van der Waals surface area contributed by atoms with E-state index in [9.17, 15) is 4.79 Å². The van der Waals surface area contributed by atoms with Crippen molar-refractivity contribution in [3.63, 3.8) is 0 Å². The predicted octanol–water partition coefficient (Wildman–Crippen LogP) is 4.59. The first-order valence-corrected chi connectivity index (χ1v) is 9.00. The van der Waals surface area contributed by atoms with Crippen molar-refractivity contribution in [1.82, 2.24) is 10.2 Å². The van der Waals surface area contributed by atoms with Crippen molar-refractivity contribution in [1.29, 1.82) is 0 Å². The van der Waals surface area contributed by atoms with Gasteiger partial charge in [-0.3, -0.25) is 9.89 Å². The quantitative estimate of drug-likeness (QED) is 0.645. The number of aromatic nitrogens is 2. The molecular formula is C18H18N4OS2. The maximum absolute atomic E-state index is 12.6. The minimum absolute atomic E-state index is 0.114. The van der Waals surface area contributed by atoms with Gasteiger partial charge in [-0.15, -0.1) is 5.10 Å². The lowest BCUT2D eigenvalue weighted by molar-refractivity contribution is -0.114. The number of aryl methyl sites for hydroxylation is 2. The molecule has 0 saturated heterocycles. The summed E-state index contributed by atoms with van der Waals surface area (Å²) in [4.78, 5) is 14.4. The first-order chi connectivity index (χ1) is 12.0. The molecule has 0 atom stereocenters. The highest BCUT2D eigenvalue weighted by Crippen LogP contribution is 2.27. The van der Waals surface area contributed by atoms with Gasteiger partial charge in [0, 0.05) is 11.4 Å². The Labute approximate surface area is 155 Å². The molecule has 0 spiro atoms. The second kappa shape index (κ2) is 7.58. The zero-order valence-electron chi connectivity index (χ0n) is 13.9. The molecule has 3 aromatic rings. The van der Waals surface area contributed by atoms with Gasteiger partial charge in [0.25, 0.3) is 0 Å². The third-order valence-corrected chi connectivity index (χ3v) is 4.80. The summed E-state index contributed by atoms with van der Waals surface area (Å²) in [6.45, 7) is 4.16. The van der Waals surface area contributed by atoms with Crippen molar-refractivity contribution in [2.75, 3.05) is 16.8 Å². The Morgan fingerprint density at radius 2 is 2.00 bits per heavy atom. The van der Waals surface area contributed by atoms with Gasteiger partial charge >= 0.3 is 0 Å². The van der Waals surface area contributed by atoms with E-state index >= 15 is 0 Å². The van der Waals surface area contributed by atoms with Crippen LogP contribution < -0.4 is 10.2 Å². The molecule has 0 bridgehead atoms. The number of nitrogens with one attached hydrogen (secondary N) is 2. The molecule has 2 aromatic carbocycles. The minimum atomic E-state index is -0.114. The van der Waals surface area contributed by atoms with Crippen LogP contribution in [0.1, 0.15) is 11.1 Å². The monoisotopic (exact) mass is 370 g/mol. The highest BCUT2D eigenvalue weighted by atomic mass is 32.1.